The van der Waals surface area contributed by atoms with Gasteiger partial charge >= 0.3 is 0 Å². The number of carbonyl (C=O) groups excluding carboxylic acids is 2. The van der Waals surface area contributed by atoms with E-state index in [1.54, 1.807) is 35.9 Å². The Kier molecular flexibility index (Phi) is 7.42. The molecular weight excluding hydrogens is 382 g/mol. The first-order chi connectivity index (χ1) is 14.2. The van der Waals surface area contributed by atoms with Gasteiger partial charge in [-0.3, -0.25) is 14.6 Å². The smallest absolute Gasteiger partial charge is 0.257 e. The standard InChI is InChI=1S/C21H25N3O2S.C2H6/c1-2-14-9-11-24(13-14)21(26)18-16-7-3-4-8-17(16)27-20(18)23-19(25)15-6-5-10-22-12-15;1-2/h5-6,10,12,14H,2-4,7-9,11,13H2,1H3,(H,23,25);1-2H3. The second kappa shape index (κ2) is 10.0. The van der Waals surface area contributed by atoms with Crippen molar-refractivity contribution in [1.29, 1.82) is 0 Å². The van der Waals surface area contributed by atoms with Crippen molar-refractivity contribution in [1.82, 2.24) is 9.88 Å². The third kappa shape index (κ3) is 4.69. The molecule has 1 aliphatic carbocycles. The van der Waals surface area contributed by atoms with Crippen LogP contribution in [0.25, 0.3) is 0 Å². The van der Waals surface area contributed by atoms with Crippen LogP contribution >= 0.6 is 11.3 Å². The summed E-state index contributed by atoms with van der Waals surface area (Å²) in [5.41, 5.74) is 2.41. The summed E-state index contributed by atoms with van der Waals surface area (Å²) in [6, 6.07) is 3.49. The molecule has 29 heavy (non-hydrogen) atoms. The van der Waals surface area contributed by atoms with Gasteiger partial charge in [0.1, 0.15) is 5.00 Å². The highest BCUT2D eigenvalue weighted by molar-refractivity contribution is 7.17. The van der Waals surface area contributed by atoms with Gasteiger partial charge in [-0.25, -0.2) is 0 Å². The molecule has 1 fully saturated rings. The first-order valence-electron chi connectivity index (χ1n) is 10.8. The first-order valence-corrected chi connectivity index (χ1v) is 11.6. The van der Waals surface area contributed by atoms with E-state index in [2.05, 4.69) is 17.2 Å². The lowest BCUT2D eigenvalue weighted by atomic mass is 9.95. The van der Waals surface area contributed by atoms with E-state index in [9.17, 15) is 9.59 Å². The van der Waals surface area contributed by atoms with Crippen LogP contribution in [0, 0.1) is 5.92 Å². The van der Waals surface area contributed by atoms with Crippen LogP contribution in [0.5, 0.6) is 0 Å². The van der Waals surface area contributed by atoms with Crippen LogP contribution in [-0.2, 0) is 12.8 Å². The summed E-state index contributed by atoms with van der Waals surface area (Å²) < 4.78 is 0. The molecule has 4 rings (SSSR count). The average Bonchev–Trinajstić information content (AvgIpc) is 3.40. The van der Waals surface area contributed by atoms with Gasteiger partial charge < -0.3 is 10.2 Å². The lowest BCUT2D eigenvalue weighted by Gasteiger charge is -2.19. The van der Waals surface area contributed by atoms with Crippen molar-refractivity contribution < 1.29 is 9.59 Å². The Hall–Kier alpha value is -2.21. The summed E-state index contributed by atoms with van der Waals surface area (Å²) in [5.74, 6) is 0.479. The number of rotatable bonds is 4. The number of carbonyl (C=O) groups is 2. The third-order valence-electron chi connectivity index (χ3n) is 5.69. The number of aryl methyl sites for hydroxylation is 1. The molecule has 0 aromatic carbocycles. The molecule has 0 bridgehead atoms. The topological polar surface area (TPSA) is 62.3 Å². The summed E-state index contributed by atoms with van der Waals surface area (Å²) >= 11 is 1.58. The van der Waals surface area contributed by atoms with Gasteiger partial charge in [-0.05, 0) is 55.7 Å². The molecule has 1 saturated heterocycles. The van der Waals surface area contributed by atoms with Crippen molar-refractivity contribution in [2.75, 3.05) is 18.4 Å². The second-order valence-corrected chi connectivity index (χ2v) is 8.53. The van der Waals surface area contributed by atoms with Crippen LogP contribution in [-0.4, -0.2) is 34.8 Å². The van der Waals surface area contributed by atoms with Gasteiger partial charge in [-0.1, -0.05) is 27.2 Å². The number of anilines is 1. The van der Waals surface area contributed by atoms with Gasteiger partial charge in [0.15, 0.2) is 0 Å². The maximum Gasteiger partial charge on any atom is 0.257 e. The number of nitrogens with one attached hydrogen (secondary N) is 1. The fraction of sp³-hybridized carbons (Fsp3) is 0.522. The van der Waals surface area contributed by atoms with Gasteiger partial charge in [0.25, 0.3) is 11.8 Å². The highest BCUT2D eigenvalue weighted by Crippen LogP contribution is 2.39. The predicted molar refractivity (Wildman–Crippen MR) is 119 cm³/mol. The number of aromatic nitrogens is 1. The fourth-order valence-electron chi connectivity index (χ4n) is 4.06. The minimum atomic E-state index is -0.205. The monoisotopic (exact) mass is 413 g/mol. The van der Waals surface area contributed by atoms with Crippen LogP contribution in [0.1, 0.15) is 77.6 Å². The molecule has 1 N–H and O–H groups in total. The summed E-state index contributed by atoms with van der Waals surface area (Å²) in [5, 5.41) is 3.71. The second-order valence-electron chi connectivity index (χ2n) is 7.42. The molecule has 1 aliphatic heterocycles. The van der Waals surface area contributed by atoms with Crippen molar-refractivity contribution in [2.24, 2.45) is 5.92 Å². The predicted octanol–water partition coefficient (Wildman–Crippen LogP) is 5.17. The number of likely N-dealkylation sites (tertiary alicyclic amines) is 1. The van der Waals surface area contributed by atoms with E-state index < -0.39 is 0 Å². The normalized spacial score (nSPS) is 17.9. The van der Waals surface area contributed by atoms with Gasteiger partial charge in [0, 0.05) is 30.4 Å². The number of hydrogen-bond acceptors (Lipinski definition) is 4. The van der Waals surface area contributed by atoms with Crippen molar-refractivity contribution in [3.05, 3.63) is 46.1 Å². The van der Waals surface area contributed by atoms with E-state index in [1.807, 2.05) is 18.7 Å². The SMILES string of the molecule is CC.CCC1CCN(C(=O)c2c(NC(=O)c3cccnc3)sc3c2CCCC3)C1. The number of amides is 2. The third-order valence-corrected chi connectivity index (χ3v) is 6.89. The van der Waals surface area contributed by atoms with E-state index in [1.165, 1.54) is 4.88 Å². The minimum absolute atomic E-state index is 0.0897. The molecule has 1 unspecified atom stereocenters. The minimum Gasteiger partial charge on any atom is -0.338 e. The molecule has 3 heterocycles. The zero-order chi connectivity index (χ0) is 20.8. The maximum atomic E-state index is 13.3. The maximum absolute atomic E-state index is 13.3. The van der Waals surface area contributed by atoms with E-state index in [-0.39, 0.29) is 11.8 Å². The highest BCUT2D eigenvalue weighted by Gasteiger charge is 2.32. The molecule has 6 heteroatoms. The Bertz CT molecular complexity index is 847. The lowest BCUT2D eigenvalue weighted by Crippen LogP contribution is -2.30. The van der Waals surface area contributed by atoms with Gasteiger partial charge in [0.05, 0.1) is 11.1 Å². The summed E-state index contributed by atoms with van der Waals surface area (Å²) in [7, 11) is 0. The van der Waals surface area contributed by atoms with Gasteiger partial charge in [-0.15, -0.1) is 11.3 Å². The molecular formula is C23H31N3O2S. The highest BCUT2D eigenvalue weighted by atomic mass is 32.1. The Balaban J connectivity index is 0.00000117. The molecule has 2 aliphatic rings. The molecule has 156 valence electrons. The molecule has 0 spiro atoms. The number of pyridine rings is 1. The Morgan fingerprint density at radius 3 is 2.76 bits per heavy atom. The van der Waals surface area contributed by atoms with Gasteiger partial charge in [0.2, 0.25) is 0 Å². The largest absolute Gasteiger partial charge is 0.338 e. The van der Waals surface area contributed by atoms with E-state index in [4.69, 9.17) is 0 Å². The van der Waals surface area contributed by atoms with Crippen molar-refractivity contribution >= 4 is 28.2 Å². The molecule has 0 radical (unpaired) electrons. The zero-order valence-electron chi connectivity index (χ0n) is 17.7. The quantitative estimate of drug-likeness (QED) is 0.752. The van der Waals surface area contributed by atoms with Crippen LogP contribution in [0.4, 0.5) is 5.00 Å². The van der Waals surface area contributed by atoms with Crippen molar-refractivity contribution in [3.8, 4) is 0 Å². The number of thiophene rings is 1. The van der Waals surface area contributed by atoms with Crippen LogP contribution < -0.4 is 5.32 Å². The summed E-state index contributed by atoms with van der Waals surface area (Å²) in [6.07, 6.45) is 9.57. The Morgan fingerprint density at radius 2 is 2.07 bits per heavy atom. The average molecular weight is 414 g/mol. The van der Waals surface area contributed by atoms with Crippen LogP contribution in [0.3, 0.4) is 0 Å². The van der Waals surface area contributed by atoms with E-state index in [0.29, 0.717) is 16.5 Å². The molecule has 2 aromatic rings. The van der Waals surface area contributed by atoms with Crippen LogP contribution in [0.2, 0.25) is 0 Å². The number of fused-ring (bicyclic) bond motifs is 1. The Labute approximate surface area is 177 Å². The first kappa shape index (κ1) is 21.5. The number of nitrogens with zero attached hydrogens (tertiary/aromatic N) is 2. The molecule has 1 atom stereocenters. The van der Waals surface area contributed by atoms with Crippen molar-refractivity contribution in [2.45, 2.75) is 59.3 Å². The summed E-state index contributed by atoms with van der Waals surface area (Å²) in [6.45, 7) is 7.83. The lowest BCUT2D eigenvalue weighted by molar-refractivity contribution is 0.0787. The van der Waals surface area contributed by atoms with Gasteiger partial charge in [-0.2, -0.15) is 0 Å². The van der Waals surface area contributed by atoms with Crippen LogP contribution in [0.15, 0.2) is 24.5 Å². The fourth-order valence-corrected chi connectivity index (χ4v) is 5.34. The number of hydrogen-bond donors (Lipinski definition) is 1. The Morgan fingerprint density at radius 1 is 1.28 bits per heavy atom. The van der Waals surface area contributed by atoms with Crippen molar-refractivity contribution in [3.63, 3.8) is 0 Å². The molecule has 0 saturated carbocycles. The molecule has 5 nitrogen and oxygen atoms in total. The van der Waals surface area contributed by atoms with E-state index in [0.717, 1.165) is 62.7 Å². The summed E-state index contributed by atoms with van der Waals surface area (Å²) in [4.78, 5) is 33.3. The molecule has 2 amide bonds. The zero-order valence-corrected chi connectivity index (χ0v) is 18.5. The molecule has 2 aromatic heterocycles. The van der Waals surface area contributed by atoms with E-state index >= 15 is 0 Å².